The molecule has 4 rings (SSSR count). The van der Waals surface area contributed by atoms with Crippen LogP contribution in [-0.2, 0) is 9.84 Å². The Morgan fingerprint density at radius 2 is 1.76 bits per heavy atom. The molecule has 0 spiro atoms. The highest BCUT2D eigenvalue weighted by Gasteiger charge is 2.14. The number of rotatable bonds is 8. The number of aryl methyl sites for hydroxylation is 1. The molecule has 33 heavy (non-hydrogen) atoms. The fourth-order valence-electron chi connectivity index (χ4n) is 3.04. The normalized spacial score (nSPS) is 12.5. The third-order valence-corrected chi connectivity index (χ3v) is 5.61. The van der Waals surface area contributed by atoms with E-state index in [1.165, 1.54) is 6.20 Å². The molecule has 10 nitrogen and oxygen atoms in total. The summed E-state index contributed by atoms with van der Waals surface area (Å²) in [7, 11) is -3.46. The number of imidazole rings is 1. The van der Waals surface area contributed by atoms with Crippen LogP contribution in [0.3, 0.4) is 0 Å². The van der Waals surface area contributed by atoms with Crippen molar-refractivity contribution in [3.05, 3.63) is 54.6 Å². The lowest BCUT2D eigenvalue weighted by Crippen LogP contribution is -2.16. The lowest BCUT2D eigenvalue weighted by atomic mass is 10.1. The van der Waals surface area contributed by atoms with Crippen LogP contribution in [0.5, 0.6) is 17.4 Å². The fourth-order valence-corrected chi connectivity index (χ4v) is 3.53. The maximum atomic E-state index is 11.6. The molecule has 0 unspecified atom stereocenters. The monoisotopic (exact) mass is 469 g/mol. The number of hydrogen-bond acceptors (Lipinski definition) is 8. The number of H-pyrrole nitrogens is 2. The molecule has 3 N–H and O–H groups in total. The lowest BCUT2D eigenvalue weighted by Gasteiger charge is -2.15. The van der Waals surface area contributed by atoms with Gasteiger partial charge in [-0.1, -0.05) is 0 Å². The Bertz CT molecular complexity index is 1360. The minimum absolute atomic E-state index is 0.124. The van der Waals surface area contributed by atoms with Gasteiger partial charge in [0.15, 0.2) is 20.7 Å². The first-order valence-electron chi connectivity index (χ1n) is 10.0. The van der Waals surface area contributed by atoms with Crippen molar-refractivity contribution in [2.24, 2.45) is 0 Å². The minimum atomic E-state index is -3.46. The molecule has 3 heterocycles. The third kappa shape index (κ3) is 5.38. The number of aromatic nitrogens is 5. The Labute approximate surface area is 190 Å². The number of aliphatic hydroxyl groups excluding tert-OH is 1. The van der Waals surface area contributed by atoms with Gasteiger partial charge in [-0.2, -0.15) is 0 Å². The molecule has 4 aromatic rings. The van der Waals surface area contributed by atoms with E-state index in [2.05, 4.69) is 24.9 Å². The van der Waals surface area contributed by atoms with Crippen LogP contribution in [0, 0.1) is 6.92 Å². The number of hydrogen-bond donors (Lipinski definition) is 3. The van der Waals surface area contributed by atoms with Gasteiger partial charge in [0.25, 0.3) is 0 Å². The Morgan fingerprint density at radius 3 is 2.39 bits per heavy atom. The van der Waals surface area contributed by atoms with Crippen LogP contribution in [0.2, 0.25) is 0 Å². The summed E-state index contributed by atoms with van der Waals surface area (Å²) >= 11 is 0. The van der Waals surface area contributed by atoms with Crippen LogP contribution in [0.25, 0.3) is 22.8 Å². The third-order valence-electron chi connectivity index (χ3n) is 4.64. The Balaban J connectivity index is 1.67. The Kier molecular flexibility index (Phi) is 6.16. The van der Waals surface area contributed by atoms with Gasteiger partial charge in [-0.05, 0) is 38.1 Å². The molecule has 1 atom stereocenters. The molecule has 172 valence electrons. The first-order valence-corrected chi connectivity index (χ1v) is 11.9. The number of nitrogens with one attached hydrogen (secondary N) is 2. The van der Waals surface area contributed by atoms with Gasteiger partial charge in [-0.25, -0.2) is 23.4 Å². The zero-order valence-electron chi connectivity index (χ0n) is 18.2. The summed E-state index contributed by atoms with van der Waals surface area (Å²) in [6.45, 7) is 3.52. The van der Waals surface area contributed by atoms with Crippen molar-refractivity contribution >= 4 is 9.84 Å². The summed E-state index contributed by atoms with van der Waals surface area (Å²) in [5, 5.41) is 9.23. The molecule has 0 amide bonds. The highest BCUT2D eigenvalue weighted by atomic mass is 32.2. The number of nitrogens with zero attached hydrogens (tertiary/aromatic N) is 3. The van der Waals surface area contributed by atoms with Crippen LogP contribution >= 0.6 is 0 Å². The van der Waals surface area contributed by atoms with Crippen molar-refractivity contribution in [2.75, 3.05) is 12.9 Å². The summed E-state index contributed by atoms with van der Waals surface area (Å²) in [6, 6.07) is 9.08. The first-order chi connectivity index (χ1) is 15.7. The van der Waals surface area contributed by atoms with Crippen LogP contribution in [0.15, 0.2) is 53.9 Å². The summed E-state index contributed by atoms with van der Waals surface area (Å²) in [5.41, 5.74) is 3.33. The van der Waals surface area contributed by atoms with Crippen LogP contribution in [0.4, 0.5) is 0 Å². The topological polar surface area (TPSA) is 143 Å². The van der Waals surface area contributed by atoms with E-state index < -0.39 is 15.9 Å². The van der Waals surface area contributed by atoms with Crippen LogP contribution in [0.1, 0.15) is 12.6 Å². The summed E-state index contributed by atoms with van der Waals surface area (Å²) < 4.78 is 34.8. The highest BCUT2D eigenvalue weighted by molar-refractivity contribution is 7.90. The van der Waals surface area contributed by atoms with E-state index in [0.717, 1.165) is 40.9 Å². The van der Waals surface area contributed by atoms with Gasteiger partial charge in [-0.3, -0.25) is 0 Å². The zero-order valence-corrected chi connectivity index (χ0v) is 19.0. The lowest BCUT2D eigenvalue weighted by molar-refractivity contribution is 0.129. The fraction of sp³-hybridized carbons (Fsp3) is 0.227. The summed E-state index contributed by atoms with van der Waals surface area (Å²) in [4.78, 5) is 18.8. The smallest absolute Gasteiger partial charge is 0.237 e. The number of benzene rings is 1. The van der Waals surface area contributed by atoms with E-state index in [4.69, 9.17) is 9.47 Å². The molecule has 0 fully saturated rings. The van der Waals surface area contributed by atoms with E-state index in [-0.39, 0.29) is 17.5 Å². The standard InChI is InChI=1S/C22H23N5O5S/c1-13-9-25-22(26-13)19-5-4-18(27-19)15-6-16(31-14(2)12-28)8-17(7-15)32-20-10-24-21(11-23-20)33(3,29)30/h4-11,14,27-28H,12H2,1-3H3,(H,25,26)/t14-/m0/s1. The van der Waals surface area contributed by atoms with E-state index in [1.54, 1.807) is 25.3 Å². The van der Waals surface area contributed by atoms with E-state index >= 15 is 0 Å². The van der Waals surface area contributed by atoms with Crippen molar-refractivity contribution in [2.45, 2.75) is 25.0 Å². The number of sulfone groups is 1. The molecular weight excluding hydrogens is 446 g/mol. The van der Waals surface area contributed by atoms with Crippen molar-refractivity contribution in [1.82, 2.24) is 24.9 Å². The van der Waals surface area contributed by atoms with E-state index in [1.807, 2.05) is 25.1 Å². The Morgan fingerprint density at radius 1 is 1.00 bits per heavy atom. The SMILES string of the molecule is Cc1cnc(-c2ccc(-c3cc(Oc4cnc(S(C)(=O)=O)cn4)cc(O[C@@H](C)CO)c3)[nH]2)[nH]1. The quantitative estimate of drug-likeness (QED) is 0.357. The van der Waals surface area contributed by atoms with Gasteiger partial charge < -0.3 is 24.5 Å². The van der Waals surface area contributed by atoms with Crippen LogP contribution in [-0.4, -0.2) is 57.4 Å². The molecule has 0 aliphatic heterocycles. The molecule has 11 heteroatoms. The van der Waals surface area contributed by atoms with Gasteiger partial charge in [0, 0.05) is 35.5 Å². The van der Waals surface area contributed by atoms with Crippen molar-refractivity contribution in [3.8, 4) is 40.2 Å². The Hall–Kier alpha value is -3.70. The van der Waals surface area contributed by atoms with E-state index in [9.17, 15) is 13.5 Å². The average molecular weight is 470 g/mol. The van der Waals surface area contributed by atoms with E-state index in [0.29, 0.717) is 11.5 Å². The van der Waals surface area contributed by atoms with Crippen molar-refractivity contribution in [1.29, 1.82) is 0 Å². The maximum Gasteiger partial charge on any atom is 0.237 e. The van der Waals surface area contributed by atoms with Gasteiger partial charge in [0.1, 0.15) is 17.6 Å². The maximum absolute atomic E-state index is 11.6. The predicted molar refractivity (Wildman–Crippen MR) is 121 cm³/mol. The van der Waals surface area contributed by atoms with Crippen LogP contribution < -0.4 is 9.47 Å². The average Bonchev–Trinajstić information content (AvgIpc) is 3.42. The van der Waals surface area contributed by atoms with Gasteiger partial charge in [0.2, 0.25) is 5.88 Å². The molecule has 0 aliphatic rings. The van der Waals surface area contributed by atoms with Crippen molar-refractivity contribution in [3.63, 3.8) is 0 Å². The van der Waals surface area contributed by atoms with Gasteiger partial charge >= 0.3 is 0 Å². The molecule has 0 bridgehead atoms. The molecule has 3 aromatic heterocycles. The second-order valence-corrected chi connectivity index (χ2v) is 9.53. The zero-order chi connectivity index (χ0) is 23.6. The number of aromatic amines is 2. The number of aliphatic hydroxyl groups is 1. The molecular formula is C22H23N5O5S. The molecule has 0 radical (unpaired) electrons. The number of ether oxygens (including phenoxy) is 2. The summed E-state index contributed by atoms with van der Waals surface area (Å²) in [5.74, 6) is 1.73. The molecule has 0 aliphatic carbocycles. The molecule has 0 saturated carbocycles. The van der Waals surface area contributed by atoms with Gasteiger partial charge in [-0.15, -0.1) is 0 Å². The highest BCUT2D eigenvalue weighted by Crippen LogP contribution is 2.33. The van der Waals surface area contributed by atoms with Gasteiger partial charge in [0.05, 0.1) is 24.7 Å². The van der Waals surface area contributed by atoms with Crippen molar-refractivity contribution < 1.29 is 23.0 Å². The predicted octanol–water partition coefficient (Wildman–Crippen LogP) is 3.13. The first kappa shape index (κ1) is 22.5. The minimum Gasteiger partial charge on any atom is -0.488 e. The second kappa shape index (κ2) is 9.04. The molecule has 1 aromatic carbocycles. The second-order valence-electron chi connectivity index (χ2n) is 7.57. The molecule has 0 saturated heterocycles. The summed E-state index contributed by atoms with van der Waals surface area (Å²) in [6.07, 6.45) is 4.77. The largest absolute Gasteiger partial charge is 0.488 e.